The van der Waals surface area contributed by atoms with E-state index in [1.807, 2.05) is 26.0 Å². The molecule has 0 bridgehead atoms. The summed E-state index contributed by atoms with van der Waals surface area (Å²) in [7, 11) is 0. The summed E-state index contributed by atoms with van der Waals surface area (Å²) >= 11 is 11.9. The van der Waals surface area contributed by atoms with Gasteiger partial charge in [0, 0.05) is 10.0 Å². The Morgan fingerprint density at radius 3 is 2.54 bits per heavy atom. The predicted octanol–water partition coefficient (Wildman–Crippen LogP) is 3.77. The fraction of sp³-hybridized carbons (Fsp3) is 0.263. The zero-order valence-electron chi connectivity index (χ0n) is 14.7. The molecule has 2 N–H and O–H groups in total. The van der Waals surface area contributed by atoms with E-state index in [9.17, 15) is 9.59 Å². The lowest BCUT2D eigenvalue weighted by atomic mass is 10.1. The topological polar surface area (TPSA) is 67.4 Å². The van der Waals surface area contributed by atoms with Gasteiger partial charge in [0.25, 0.3) is 5.91 Å². The largest absolute Gasteiger partial charge is 0.481 e. The number of carbonyl (C=O) groups excluding carboxylic acids is 2. The molecule has 26 heavy (non-hydrogen) atoms. The van der Waals surface area contributed by atoms with Crippen LogP contribution in [0.15, 0.2) is 36.4 Å². The highest BCUT2D eigenvalue weighted by Gasteiger charge is 2.17. The molecule has 0 fully saturated rings. The van der Waals surface area contributed by atoms with Crippen molar-refractivity contribution in [1.29, 1.82) is 0 Å². The average Bonchev–Trinajstić information content (AvgIpc) is 2.59. The Balaban J connectivity index is 1.87. The normalized spacial score (nSPS) is 11.6. The third kappa shape index (κ3) is 5.38. The Labute approximate surface area is 162 Å². The van der Waals surface area contributed by atoms with E-state index in [1.54, 1.807) is 31.2 Å². The summed E-state index contributed by atoms with van der Waals surface area (Å²) in [4.78, 5) is 24.1. The van der Waals surface area contributed by atoms with Crippen molar-refractivity contribution in [1.82, 2.24) is 10.9 Å². The van der Waals surface area contributed by atoms with Crippen molar-refractivity contribution in [3.05, 3.63) is 63.1 Å². The molecule has 0 saturated heterocycles. The molecular weight excluding hydrogens is 375 g/mol. The highest BCUT2D eigenvalue weighted by Crippen LogP contribution is 2.22. The second-order valence-corrected chi connectivity index (χ2v) is 6.75. The van der Waals surface area contributed by atoms with E-state index < -0.39 is 17.9 Å². The molecule has 0 aromatic heterocycles. The molecule has 0 aliphatic heterocycles. The smallest absolute Gasteiger partial charge is 0.279 e. The predicted molar refractivity (Wildman–Crippen MR) is 102 cm³/mol. The van der Waals surface area contributed by atoms with Gasteiger partial charge in [-0.2, -0.15) is 0 Å². The van der Waals surface area contributed by atoms with Crippen molar-refractivity contribution >= 4 is 35.0 Å². The Morgan fingerprint density at radius 1 is 1.12 bits per heavy atom. The number of halogens is 2. The Hall–Kier alpha value is -2.24. The van der Waals surface area contributed by atoms with Crippen LogP contribution in [0.5, 0.6) is 5.75 Å². The molecule has 7 heteroatoms. The van der Waals surface area contributed by atoms with Gasteiger partial charge in [-0.1, -0.05) is 41.4 Å². The van der Waals surface area contributed by atoms with Crippen molar-refractivity contribution in [3.8, 4) is 5.75 Å². The van der Waals surface area contributed by atoms with Gasteiger partial charge < -0.3 is 4.74 Å². The first-order valence-corrected chi connectivity index (χ1v) is 8.79. The van der Waals surface area contributed by atoms with Gasteiger partial charge in [-0.3, -0.25) is 20.4 Å². The van der Waals surface area contributed by atoms with Crippen LogP contribution >= 0.6 is 23.2 Å². The van der Waals surface area contributed by atoms with Crippen molar-refractivity contribution < 1.29 is 14.3 Å². The van der Waals surface area contributed by atoms with Gasteiger partial charge in [-0.15, -0.1) is 0 Å². The average molecular weight is 395 g/mol. The summed E-state index contributed by atoms with van der Waals surface area (Å²) in [5.41, 5.74) is 7.36. The quantitative estimate of drug-likeness (QED) is 0.758. The number of nitrogens with one attached hydrogen (secondary N) is 2. The lowest BCUT2D eigenvalue weighted by molar-refractivity contribution is -0.132. The number of hydrogen-bond donors (Lipinski definition) is 2. The van der Waals surface area contributed by atoms with Crippen LogP contribution in [0, 0.1) is 13.8 Å². The summed E-state index contributed by atoms with van der Waals surface area (Å²) in [6.07, 6.45) is -0.752. The van der Waals surface area contributed by atoms with Crippen molar-refractivity contribution in [2.75, 3.05) is 0 Å². The minimum Gasteiger partial charge on any atom is -0.481 e. The number of aryl methyl sites for hydroxylation is 1. The molecule has 1 atom stereocenters. The van der Waals surface area contributed by atoms with Crippen LogP contribution in [-0.4, -0.2) is 17.9 Å². The molecule has 0 aliphatic rings. The van der Waals surface area contributed by atoms with Crippen LogP contribution in [0.2, 0.25) is 10.0 Å². The van der Waals surface area contributed by atoms with E-state index in [1.165, 1.54) is 0 Å². The fourth-order valence-electron chi connectivity index (χ4n) is 2.21. The van der Waals surface area contributed by atoms with Gasteiger partial charge in [0.05, 0.1) is 6.42 Å². The van der Waals surface area contributed by atoms with Crippen LogP contribution in [0.1, 0.15) is 23.6 Å². The summed E-state index contributed by atoms with van der Waals surface area (Å²) in [6, 6.07) is 10.5. The van der Waals surface area contributed by atoms with Crippen molar-refractivity contribution in [2.24, 2.45) is 0 Å². The molecule has 5 nitrogen and oxygen atoms in total. The zero-order valence-corrected chi connectivity index (χ0v) is 16.2. The van der Waals surface area contributed by atoms with Crippen molar-refractivity contribution in [3.63, 3.8) is 0 Å². The number of amides is 2. The summed E-state index contributed by atoms with van der Waals surface area (Å²) in [5, 5.41) is 0.885. The second-order valence-electron chi connectivity index (χ2n) is 5.91. The number of ether oxygens (including phenoxy) is 1. The fourth-order valence-corrected chi connectivity index (χ4v) is 2.69. The molecule has 0 saturated carbocycles. The van der Waals surface area contributed by atoms with E-state index in [4.69, 9.17) is 27.9 Å². The van der Waals surface area contributed by atoms with Gasteiger partial charge in [-0.25, -0.2) is 0 Å². The van der Waals surface area contributed by atoms with Crippen LogP contribution in [0.4, 0.5) is 0 Å². The minimum atomic E-state index is -0.769. The molecule has 0 spiro atoms. The standard InChI is InChI=1S/C19H20Cl2N2O3/c1-11-5-4-6-17(12(11)2)26-13(3)19(25)23-22-18(24)9-14-7-8-15(20)10-16(14)21/h4-8,10,13H,9H2,1-3H3,(H,22,24)(H,23,25)/t13-/m0/s1. The van der Waals surface area contributed by atoms with E-state index in [0.29, 0.717) is 21.4 Å². The molecule has 2 rings (SSSR count). The van der Waals surface area contributed by atoms with E-state index >= 15 is 0 Å². The lowest BCUT2D eigenvalue weighted by Crippen LogP contribution is -2.47. The van der Waals surface area contributed by atoms with Gasteiger partial charge in [0.2, 0.25) is 5.91 Å². The first kappa shape index (κ1) is 20.1. The molecule has 0 aliphatic carbocycles. The van der Waals surface area contributed by atoms with Gasteiger partial charge in [0.15, 0.2) is 6.10 Å². The summed E-state index contributed by atoms with van der Waals surface area (Å²) in [6.45, 7) is 5.50. The molecule has 2 aromatic carbocycles. The number of hydrazine groups is 1. The second kappa shape index (κ2) is 8.92. The lowest BCUT2D eigenvalue weighted by Gasteiger charge is -2.17. The molecule has 2 aromatic rings. The van der Waals surface area contributed by atoms with E-state index in [2.05, 4.69) is 10.9 Å². The SMILES string of the molecule is Cc1cccc(O[C@@H](C)C(=O)NNC(=O)Cc2ccc(Cl)cc2Cl)c1C. The maximum absolute atomic E-state index is 12.1. The molecule has 0 radical (unpaired) electrons. The molecule has 0 unspecified atom stereocenters. The van der Waals surface area contributed by atoms with Crippen molar-refractivity contribution in [2.45, 2.75) is 33.3 Å². The Morgan fingerprint density at radius 2 is 1.85 bits per heavy atom. The van der Waals surface area contributed by atoms with Crippen LogP contribution < -0.4 is 15.6 Å². The first-order chi connectivity index (χ1) is 12.3. The number of rotatable bonds is 5. The van der Waals surface area contributed by atoms with Crippen LogP contribution in [-0.2, 0) is 16.0 Å². The highest BCUT2D eigenvalue weighted by atomic mass is 35.5. The molecule has 138 valence electrons. The maximum Gasteiger partial charge on any atom is 0.279 e. The van der Waals surface area contributed by atoms with E-state index in [-0.39, 0.29) is 6.42 Å². The molecule has 2 amide bonds. The Bertz CT molecular complexity index is 824. The number of carbonyl (C=O) groups is 2. The third-order valence-electron chi connectivity index (χ3n) is 3.92. The summed E-state index contributed by atoms with van der Waals surface area (Å²) < 4.78 is 5.67. The molecular formula is C19H20Cl2N2O3. The van der Waals surface area contributed by atoms with Gasteiger partial charge in [-0.05, 0) is 55.7 Å². The van der Waals surface area contributed by atoms with Crippen LogP contribution in [0.3, 0.4) is 0 Å². The van der Waals surface area contributed by atoms with E-state index in [0.717, 1.165) is 11.1 Å². The third-order valence-corrected chi connectivity index (χ3v) is 4.51. The number of hydrogen-bond acceptors (Lipinski definition) is 3. The monoisotopic (exact) mass is 394 g/mol. The van der Waals surface area contributed by atoms with Crippen LogP contribution in [0.25, 0.3) is 0 Å². The van der Waals surface area contributed by atoms with Gasteiger partial charge in [0.1, 0.15) is 5.75 Å². The molecule has 0 heterocycles. The maximum atomic E-state index is 12.1. The summed E-state index contributed by atoms with van der Waals surface area (Å²) in [5.74, 6) is -0.227. The minimum absolute atomic E-state index is 0.0164. The first-order valence-electron chi connectivity index (χ1n) is 8.03. The number of benzene rings is 2. The van der Waals surface area contributed by atoms with Gasteiger partial charge >= 0.3 is 0 Å². The highest BCUT2D eigenvalue weighted by molar-refractivity contribution is 6.35. The Kier molecular flexibility index (Phi) is 6.89. The zero-order chi connectivity index (χ0) is 19.3.